The second kappa shape index (κ2) is 10.5. The zero-order chi connectivity index (χ0) is 22.2. The highest BCUT2D eigenvalue weighted by Gasteiger charge is 2.13. The van der Waals surface area contributed by atoms with Crippen LogP contribution in [0.1, 0.15) is 50.9 Å². The molecule has 0 aliphatic heterocycles. The van der Waals surface area contributed by atoms with Gasteiger partial charge in [0.2, 0.25) is 5.91 Å². The number of ether oxygens (including phenoxy) is 1. The highest BCUT2D eigenvalue weighted by molar-refractivity contribution is 5.76. The molecule has 3 rings (SSSR count). The number of nitrogens with one attached hydrogen (secondary N) is 2. The summed E-state index contributed by atoms with van der Waals surface area (Å²) in [4.78, 5) is 27.5. The molecule has 1 heterocycles. The van der Waals surface area contributed by atoms with E-state index in [4.69, 9.17) is 4.74 Å². The first kappa shape index (κ1) is 22.2. The predicted octanol–water partition coefficient (Wildman–Crippen LogP) is 3.82. The summed E-state index contributed by atoms with van der Waals surface area (Å²) in [6.07, 6.45) is 1.37. The number of carbonyl (C=O) groups excluding carboxylic acids is 1. The number of nitrogens with zero attached hydrogens (tertiary/aromatic N) is 2. The van der Waals surface area contributed by atoms with Gasteiger partial charge in [-0.1, -0.05) is 49.4 Å². The Labute approximate surface area is 181 Å². The lowest BCUT2D eigenvalue weighted by Gasteiger charge is -2.14. The van der Waals surface area contributed by atoms with Crippen LogP contribution >= 0.6 is 0 Å². The number of rotatable bonds is 9. The van der Waals surface area contributed by atoms with Gasteiger partial charge in [0.05, 0.1) is 12.1 Å². The van der Waals surface area contributed by atoms with E-state index in [1.807, 2.05) is 68.4 Å². The van der Waals surface area contributed by atoms with Crippen molar-refractivity contribution in [3.8, 4) is 17.1 Å². The van der Waals surface area contributed by atoms with Gasteiger partial charge < -0.3 is 15.0 Å². The Bertz CT molecular complexity index is 1070. The molecule has 0 radical (unpaired) electrons. The number of aromatic nitrogens is 3. The van der Waals surface area contributed by atoms with Crippen LogP contribution < -0.4 is 15.6 Å². The second-order valence-electron chi connectivity index (χ2n) is 7.51. The average Bonchev–Trinajstić information content (AvgIpc) is 2.78. The molecule has 0 saturated heterocycles. The zero-order valence-corrected chi connectivity index (χ0v) is 18.1. The van der Waals surface area contributed by atoms with Gasteiger partial charge in [0.25, 0.3) is 5.56 Å². The number of carbonyl (C=O) groups is 1. The largest absolute Gasteiger partial charge is 0.491 e. The third-order valence-electron chi connectivity index (χ3n) is 5.05. The smallest absolute Gasteiger partial charge is 0.273 e. The number of hydrogen-bond acceptors (Lipinski definition) is 5. The third kappa shape index (κ3) is 6.25. The number of H-pyrrole nitrogens is 1. The molecule has 2 atom stereocenters. The van der Waals surface area contributed by atoms with E-state index in [1.165, 1.54) is 0 Å². The molecule has 3 aromatic rings. The minimum atomic E-state index is -0.345. The van der Waals surface area contributed by atoms with E-state index in [2.05, 4.69) is 27.4 Å². The maximum Gasteiger partial charge on any atom is 0.273 e. The number of benzene rings is 2. The molecule has 0 aliphatic rings. The maximum absolute atomic E-state index is 12.5. The topological polar surface area (TPSA) is 97.0 Å². The van der Waals surface area contributed by atoms with Crippen molar-refractivity contribution < 1.29 is 9.53 Å². The molecule has 7 nitrogen and oxygen atoms in total. The van der Waals surface area contributed by atoms with Crippen molar-refractivity contribution in [1.82, 2.24) is 20.5 Å². The van der Waals surface area contributed by atoms with Crippen molar-refractivity contribution in [3.05, 3.63) is 76.2 Å². The summed E-state index contributed by atoms with van der Waals surface area (Å²) in [5.41, 5.74) is 1.63. The van der Waals surface area contributed by atoms with E-state index < -0.39 is 0 Å². The zero-order valence-electron chi connectivity index (χ0n) is 18.1. The molecule has 0 fully saturated rings. The first-order valence-electron chi connectivity index (χ1n) is 10.5. The van der Waals surface area contributed by atoms with Crippen molar-refractivity contribution in [2.24, 2.45) is 0 Å². The second-order valence-corrected chi connectivity index (χ2v) is 7.51. The molecule has 31 heavy (non-hydrogen) atoms. The molecular formula is C24H28N4O3. The average molecular weight is 421 g/mol. The molecule has 0 bridgehead atoms. The lowest BCUT2D eigenvalue weighted by Crippen LogP contribution is -2.28. The third-order valence-corrected chi connectivity index (χ3v) is 5.05. The fraction of sp³-hybridized carbons (Fsp3) is 0.333. The highest BCUT2D eigenvalue weighted by atomic mass is 16.5. The minimum absolute atomic E-state index is 0.0958. The Morgan fingerprint density at radius 3 is 2.58 bits per heavy atom. The van der Waals surface area contributed by atoms with E-state index in [1.54, 1.807) is 0 Å². The van der Waals surface area contributed by atoms with Gasteiger partial charge in [-0.25, -0.2) is 0 Å². The van der Waals surface area contributed by atoms with Crippen LogP contribution in [0.2, 0.25) is 0 Å². The van der Waals surface area contributed by atoms with E-state index in [-0.39, 0.29) is 42.1 Å². The van der Waals surface area contributed by atoms with E-state index >= 15 is 0 Å². The molecular weight excluding hydrogens is 392 g/mol. The van der Waals surface area contributed by atoms with Crippen LogP contribution in [0.5, 0.6) is 5.75 Å². The first-order chi connectivity index (χ1) is 15.0. The monoisotopic (exact) mass is 420 g/mol. The summed E-state index contributed by atoms with van der Waals surface area (Å²) in [5.74, 6) is 0.935. The Morgan fingerprint density at radius 1 is 1.10 bits per heavy atom. The van der Waals surface area contributed by atoms with Crippen molar-refractivity contribution in [2.45, 2.75) is 52.2 Å². The summed E-state index contributed by atoms with van der Waals surface area (Å²) >= 11 is 0. The van der Waals surface area contributed by atoms with Crippen LogP contribution in [0.15, 0.2) is 59.4 Å². The lowest BCUT2D eigenvalue weighted by molar-refractivity contribution is -0.121. The molecule has 0 saturated carbocycles. The van der Waals surface area contributed by atoms with Crippen molar-refractivity contribution in [1.29, 1.82) is 0 Å². The number of aryl methyl sites for hydroxylation is 1. The first-order valence-corrected chi connectivity index (χ1v) is 10.5. The number of aromatic amines is 1. The fourth-order valence-electron chi connectivity index (χ4n) is 3.06. The van der Waals surface area contributed by atoms with Gasteiger partial charge in [0.15, 0.2) is 5.82 Å². The predicted molar refractivity (Wildman–Crippen MR) is 120 cm³/mol. The van der Waals surface area contributed by atoms with Crippen molar-refractivity contribution in [3.63, 3.8) is 0 Å². The molecule has 7 heteroatoms. The summed E-state index contributed by atoms with van der Waals surface area (Å²) in [6.45, 7) is 5.98. The molecule has 0 unspecified atom stereocenters. The Morgan fingerprint density at radius 2 is 1.87 bits per heavy atom. The maximum atomic E-state index is 12.5. The van der Waals surface area contributed by atoms with Crippen molar-refractivity contribution >= 4 is 5.91 Å². The SMILES string of the molecule is CC[C@H](C)Oc1cccc(-c2nnc(CCC(=O)N[C@H](C)c3ccccc3)c(=O)[nH]2)c1. The molecule has 0 spiro atoms. The van der Waals surface area contributed by atoms with E-state index in [0.29, 0.717) is 17.1 Å². The summed E-state index contributed by atoms with van der Waals surface area (Å²) in [5, 5.41) is 11.1. The molecule has 2 N–H and O–H groups in total. The lowest BCUT2D eigenvalue weighted by atomic mass is 10.1. The van der Waals surface area contributed by atoms with Gasteiger partial charge in [-0.3, -0.25) is 9.59 Å². The van der Waals surface area contributed by atoms with Gasteiger partial charge in [-0.15, -0.1) is 10.2 Å². The van der Waals surface area contributed by atoms with Gasteiger partial charge in [-0.2, -0.15) is 0 Å². The molecule has 2 aromatic carbocycles. The van der Waals surface area contributed by atoms with Gasteiger partial charge in [0.1, 0.15) is 11.4 Å². The Hall–Kier alpha value is -3.48. The van der Waals surface area contributed by atoms with Crippen LogP contribution in [0.25, 0.3) is 11.4 Å². The van der Waals surface area contributed by atoms with E-state index in [0.717, 1.165) is 12.0 Å². The Kier molecular flexibility index (Phi) is 7.54. The molecule has 1 aromatic heterocycles. The quantitative estimate of drug-likeness (QED) is 0.548. The van der Waals surface area contributed by atoms with Gasteiger partial charge in [0, 0.05) is 18.4 Å². The van der Waals surface area contributed by atoms with Crippen LogP contribution in [0.4, 0.5) is 0 Å². The van der Waals surface area contributed by atoms with E-state index in [9.17, 15) is 9.59 Å². The molecule has 1 amide bonds. The van der Waals surface area contributed by atoms with Crippen molar-refractivity contribution in [2.75, 3.05) is 0 Å². The summed E-state index contributed by atoms with van der Waals surface area (Å²) < 4.78 is 5.82. The van der Waals surface area contributed by atoms with Crippen LogP contribution in [-0.2, 0) is 11.2 Å². The minimum Gasteiger partial charge on any atom is -0.491 e. The summed E-state index contributed by atoms with van der Waals surface area (Å²) in [7, 11) is 0. The fourth-order valence-corrected chi connectivity index (χ4v) is 3.06. The molecule has 0 aliphatic carbocycles. The Balaban J connectivity index is 1.61. The van der Waals surface area contributed by atoms with Gasteiger partial charge in [-0.05, 0) is 38.0 Å². The standard InChI is InChI=1S/C24H28N4O3/c1-4-16(2)31-20-12-8-11-19(15-20)23-26-24(30)21(27-28-23)13-14-22(29)25-17(3)18-9-6-5-7-10-18/h5-12,15-17H,4,13-14H2,1-3H3,(H,25,29)(H,26,28,30)/t16-,17+/m0/s1. The number of hydrogen-bond donors (Lipinski definition) is 2. The van der Waals surface area contributed by atoms with Crippen LogP contribution in [-0.4, -0.2) is 27.2 Å². The summed E-state index contributed by atoms with van der Waals surface area (Å²) in [6, 6.07) is 17.0. The van der Waals surface area contributed by atoms with Crippen LogP contribution in [0, 0.1) is 0 Å². The van der Waals surface area contributed by atoms with Gasteiger partial charge >= 0.3 is 0 Å². The normalized spacial score (nSPS) is 12.7. The van der Waals surface area contributed by atoms with Crippen LogP contribution in [0.3, 0.4) is 0 Å². The molecule has 162 valence electrons. The highest BCUT2D eigenvalue weighted by Crippen LogP contribution is 2.21. The number of amides is 1.